The van der Waals surface area contributed by atoms with Gasteiger partial charge in [-0.3, -0.25) is 9.59 Å². The van der Waals surface area contributed by atoms with Crippen LogP contribution in [0.1, 0.15) is 29.3 Å². The van der Waals surface area contributed by atoms with Crippen LogP contribution < -0.4 is 29.7 Å². The quantitative estimate of drug-likeness (QED) is 0.482. The van der Waals surface area contributed by atoms with Crippen LogP contribution in [0.4, 0.5) is 0 Å². The van der Waals surface area contributed by atoms with Crippen LogP contribution in [-0.4, -0.2) is 45.1 Å². The summed E-state index contributed by atoms with van der Waals surface area (Å²) in [6.07, 6.45) is 2.31. The smallest absolute Gasteiger partial charge is 0.259 e. The van der Waals surface area contributed by atoms with E-state index in [9.17, 15) is 9.59 Å². The molecule has 1 aliphatic rings. The number of carbonyl (C=O) groups excluding carboxylic acids is 2. The van der Waals surface area contributed by atoms with Crippen LogP contribution in [0.5, 0.6) is 23.0 Å². The van der Waals surface area contributed by atoms with Crippen molar-refractivity contribution < 1.29 is 28.5 Å². The van der Waals surface area contributed by atoms with Gasteiger partial charge in [0.2, 0.25) is 6.79 Å². The molecule has 0 atom stereocenters. The molecule has 0 fully saturated rings. The zero-order valence-corrected chi connectivity index (χ0v) is 16.8. The summed E-state index contributed by atoms with van der Waals surface area (Å²) < 4.78 is 21.5. The Hall–Kier alpha value is -3.75. The largest absolute Gasteiger partial charge is 0.493 e. The van der Waals surface area contributed by atoms with E-state index in [0.717, 1.165) is 6.42 Å². The summed E-state index contributed by atoms with van der Waals surface area (Å²) >= 11 is 0. The highest BCUT2D eigenvalue weighted by molar-refractivity contribution is 5.97. The molecule has 0 aromatic heterocycles. The number of rotatable bonds is 9. The van der Waals surface area contributed by atoms with Gasteiger partial charge in [-0.1, -0.05) is 13.0 Å². The molecule has 2 aromatic carbocycles. The molecule has 0 bridgehead atoms. The normalized spacial score (nSPS) is 11.9. The van der Waals surface area contributed by atoms with Gasteiger partial charge in [0.05, 0.1) is 26.5 Å². The fraction of sp³-hybridized carbons (Fsp3) is 0.286. The SMILES string of the molecule is CCCOc1c(C=NNC(=O)CNC(=O)c2ccc3c(c2)OCO3)cccc1OC. The zero-order valence-electron chi connectivity index (χ0n) is 16.8. The van der Waals surface area contributed by atoms with Gasteiger partial charge in [0.25, 0.3) is 11.8 Å². The van der Waals surface area contributed by atoms with Crippen molar-refractivity contribution in [3.8, 4) is 23.0 Å². The number of hydrazone groups is 1. The van der Waals surface area contributed by atoms with Gasteiger partial charge in [0.15, 0.2) is 23.0 Å². The number of nitrogens with one attached hydrogen (secondary N) is 2. The molecule has 0 aliphatic carbocycles. The molecule has 158 valence electrons. The third-order valence-electron chi connectivity index (χ3n) is 4.12. The Balaban J connectivity index is 1.53. The minimum absolute atomic E-state index is 0.124. The minimum Gasteiger partial charge on any atom is -0.493 e. The second-order valence-corrected chi connectivity index (χ2v) is 6.27. The molecule has 9 nitrogen and oxygen atoms in total. The topological polar surface area (TPSA) is 107 Å². The van der Waals surface area contributed by atoms with Gasteiger partial charge in [0.1, 0.15) is 0 Å². The Kier molecular flexibility index (Phi) is 7.09. The average molecular weight is 413 g/mol. The molecular formula is C21H23N3O6. The van der Waals surface area contributed by atoms with E-state index >= 15 is 0 Å². The summed E-state index contributed by atoms with van der Waals surface area (Å²) in [4.78, 5) is 24.2. The van der Waals surface area contributed by atoms with Crippen molar-refractivity contribution in [1.29, 1.82) is 0 Å². The van der Waals surface area contributed by atoms with Crippen molar-refractivity contribution >= 4 is 18.0 Å². The third-order valence-corrected chi connectivity index (χ3v) is 4.12. The highest BCUT2D eigenvalue weighted by Crippen LogP contribution is 2.32. The average Bonchev–Trinajstić information content (AvgIpc) is 3.24. The first-order valence-electron chi connectivity index (χ1n) is 9.42. The number of para-hydroxylation sites is 1. The minimum atomic E-state index is -0.473. The molecule has 2 aromatic rings. The van der Waals surface area contributed by atoms with Gasteiger partial charge >= 0.3 is 0 Å². The Bertz CT molecular complexity index is 944. The second-order valence-electron chi connectivity index (χ2n) is 6.27. The van der Waals surface area contributed by atoms with Crippen molar-refractivity contribution in [2.24, 2.45) is 5.10 Å². The van der Waals surface area contributed by atoms with Crippen LogP contribution in [0.15, 0.2) is 41.5 Å². The van der Waals surface area contributed by atoms with Crippen molar-refractivity contribution in [1.82, 2.24) is 10.7 Å². The van der Waals surface area contributed by atoms with Gasteiger partial charge in [0, 0.05) is 11.1 Å². The van der Waals surface area contributed by atoms with Crippen LogP contribution >= 0.6 is 0 Å². The standard InChI is InChI=1S/C21H23N3O6/c1-3-9-28-20-15(5-4-6-17(20)27-2)11-23-24-19(25)12-22-21(26)14-7-8-16-18(10-14)30-13-29-16/h4-8,10-11H,3,9,12-13H2,1-2H3,(H,22,26)(H,24,25). The molecule has 0 spiro atoms. The molecule has 3 rings (SSSR count). The van der Waals surface area contributed by atoms with Crippen molar-refractivity contribution in [2.75, 3.05) is 27.1 Å². The van der Waals surface area contributed by atoms with E-state index in [1.54, 1.807) is 43.5 Å². The van der Waals surface area contributed by atoms with Crippen LogP contribution in [0.2, 0.25) is 0 Å². The molecule has 0 radical (unpaired) electrons. The monoisotopic (exact) mass is 413 g/mol. The number of carbonyl (C=O) groups is 2. The fourth-order valence-electron chi connectivity index (χ4n) is 2.67. The summed E-state index contributed by atoms with van der Waals surface area (Å²) in [5.74, 6) is 1.33. The van der Waals surface area contributed by atoms with Crippen molar-refractivity contribution in [2.45, 2.75) is 13.3 Å². The van der Waals surface area contributed by atoms with E-state index in [1.165, 1.54) is 6.21 Å². The predicted molar refractivity (Wildman–Crippen MR) is 109 cm³/mol. The number of ether oxygens (including phenoxy) is 4. The van der Waals surface area contributed by atoms with E-state index in [2.05, 4.69) is 15.8 Å². The lowest BCUT2D eigenvalue weighted by atomic mass is 10.2. The summed E-state index contributed by atoms with van der Waals surface area (Å²) in [6, 6.07) is 10.2. The zero-order chi connectivity index (χ0) is 21.3. The molecule has 0 saturated carbocycles. The summed E-state index contributed by atoms with van der Waals surface area (Å²) in [5, 5.41) is 6.47. The lowest BCUT2D eigenvalue weighted by Gasteiger charge is -2.12. The Morgan fingerprint density at radius 1 is 1.20 bits per heavy atom. The number of amides is 2. The molecule has 2 N–H and O–H groups in total. The molecule has 0 saturated heterocycles. The van der Waals surface area contributed by atoms with E-state index in [-0.39, 0.29) is 13.3 Å². The lowest BCUT2D eigenvalue weighted by molar-refractivity contribution is -0.120. The molecule has 0 unspecified atom stereocenters. The Labute approximate surface area is 174 Å². The molecule has 2 amide bonds. The number of benzene rings is 2. The van der Waals surface area contributed by atoms with E-state index in [4.69, 9.17) is 18.9 Å². The van der Waals surface area contributed by atoms with Gasteiger partial charge in [-0.05, 0) is 36.8 Å². The van der Waals surface area contributed by atoms with Crippen LogP contribution in [0.25, 0.3) is 0 Å². The second kappa shape index (κ2) is 10.1. The maximum atomic E-state index is 12.2. The lowest BCUT2D eigenvalue weighted by Crippen LogP contribution is -2.34. The van der Waals surface area contributed by atoms with Crippen molar-refractivity contribution in [3.63, 3.8) is 0 Å². The van der Waals surface area contributed by atoms with Gasteiger partial charge in [-0.15, -0.1) is 0 Å². The molecule has 9 heteroatoms. The summed E-state index contributed by atoms with van der Waals surface area (Å²) in [5.41, 5.74) is 3.40. The first kappa shape index (κ1) is 21.0. The Morgan fingerprint density at radius 3 is 2.83 bits per heavy atom. The van der Waals surface area contributed by atoms with Crippen LogP contribution in [0.3, 0.4) is 0 Å². The number of hydrogen-bond acceptors (Lipinski definition) is 7. The van der Waals surface area contributed by atoms with E-state index < -0.39 is 11.8 Å². The van der Waals surface area contributed by atoms with Gasteiger partial charge in [-0.25, -0.2) is 5.43 Å². The van der Waals surface area contributed by atoms with E-state index in [0.29, 0.717) is 40.7 Å². The first-order chi connectivity index (χ1) is 14.6. The van der Waals surface area contributed by atoms with Gasteiger partial charge in [-0.2, -0.15) is 5.10 Å². The highest BCUT2D eigenvalue weighted by atomic mass is 16.7. The van der Waals surface area contributed by atoms with Crippen LogP contribution in [0, 0.1) is 0 Å². The maximum absolute atomic E-state index is 12.2. The van der Waals surface area contributed by atoms with E-state index in [1.807, 2.05) is 6.92 Å². The third kappa shape index (κ3) is 5.19. The highest BCUT2D eigenvalue weighted by Gasteiger charge is 2.16. The van der Waals surface area contributed by atoms with Crippen molar-refractivity contribution in [3.05, 3.63) is 47.5 Å². The van der Waals surface area contributed by atoms with Crippen LogP contribution in [-0.2, 0) is 4.79 Å². The summed E-state index contributed by atoms with van der Waals surface area (Å²) in [7, 11) is 1.56. The predicted octanol–water partition coefficient (Wildman–Crippen LogP) is 2.09. The van der Waals surface area contributed by atoms with Gasteiger partial charge < -0.3 is 24.3 Å². The number of nitrogens with zero attached hydrogens (tertiary/aromatic N) is 1. The molecule has 1 aliphatic heterocycles. The first-order valence-corrected chi connectivity index (χ1v) is 9.42. The number of hydrogen-bond donors (Lipinski definition) is 2. The number of fused-ring (bicyclic) bond motifs is 1. The molecule has 1 heterocycles. The fourth-order valence-corrected chi connectivity index (χ4v) is 2.67. The molecular weight excluding hydrogens is 390 g/mol. The maximum Gasteiger partial charge on any atom is 0.259 e. The summed E-state index contributed by atoms with van der Waals surface area (Å²) in [6.45, 7) is 2.42. The Morgan fingerprint density at radius 2 is 2.03 bits per heavy atom. The molecule has 30 heavy (non-hydrogen) atoms. The number of methoxy groups -OCH3 is 1.